The van der Waals surface area contributed by atoms with E-state index in [1.807, 2.05) is 16.5 Å². The van der Waals surface area contributed by atoms with Crippen LogP contribution in [0, 0.1) is 11.8 Å². The van der Waals surface area contributed by atoms with E-state index < -0.39 is 0 Å². The molecule has 3 fully saturated rings. The number of nitrogens with one attached hydrogen (secondary N) is 1. The van der Waals surface area contributed by atoms with Crippen LogP contribution in [0.4, 0.5) is 23.1 Å². The maximum atomic E-state index is 12.0. The summed E-state index contributed by atoms with van der Waals surface area (Å²) in [7, 11) is 4.13. The van der Waals surface area contributed by atoms with Gasteiger partial charge in [0.1, 0.15) is 0 Å². The van der Waals surface area contributed by atoms with Gasteiger partial charge in [-0.2, -0.15) is 9.97 Å². The molecule has 0 spiro atoms. The van der Waals surface area contributed by atoms with Gasteiger partial charge >= 0.3 is 0 Å². The molecule has 3 aliphatic heterocycles. The number of anilines is 4. The number of hydrogen-bond acceptors (Lipinski definition) is 8. The number of rotatable bonds is 5. The molecule has 1 aromatic carbocycles. The fraction of sp³-hybridized carbons (Fsp3) is 0.462. The Kier molecular flexibility index (Phi) is 5.75. The highest BCUT2D eigenvalue weighted by atomic mass is 16.2. The number of likely N-dealkylation sites (N-methyl/N-ethyl adjacent to an activating group) is 1. The van der Waals surface area contributed by atoms with Crippen molar-refractivity contribution in [3.05, 3.63) is 43.2 Å². The van der Waals surface area contributed by atoms with Gasteiger partial charge in [0.2, 0.25) is 11.9 Å². The Hall–Kier alpha value is -3.66. The zero-order valence-electron chi connectivity index (χ0n) is 21.0. The van der Waals surface area contributed by atoms with E-state index in [2.05, 4.69) is 62.9 Å². The highest BCUT2D eigenvalue weighted by molar-refractivity contribution is 5.88. The predicted molar refractivity (Wildman–Crippen MR) is 142 cm³/mol. The van der Waals surface area contributed by atoms with Crippen molar-refractivity contribution in [2.75, 3.05) is 74.5 Å². The number of fused-ring (bicyclic) bond motifs is 2. The van der Waals surface area contributed by atoms with Gasteiger partial charge in [-0.3, -0.25) is 4.79 Å². The first-order valence-corrected chi connectivity index (χ1v) is 12.6. The van der Waals surface area contributed by atoms with Crippen molar-refractivity contribution in [2.24, 2.45) is 18.9 Å². The summed E-state index contributed by atoms with van der Waals surface area (Å²) in [5.41, 5.74) is 3.78. The van der Waals surface area contributed by atoms with Gasteiger partial charge in [0.05, 0.1) is 6.33 Å². The molecule has 3 aliphatic rings. The highest BCUT2D eigenvalue weighted by Gasteiger charge is 2.42. The molecule has 3 saturated heterocycles. The largest absolute Gasteiger partial charge is 0.369 e. The quantitative estimate of drug-likeness (QED) is 0.547. The fourth-order valence-corrected chi connectivity index (χ4v) is 5.65. The van der Waals surface area contributed by atoms with Crippen molar-refractivity contribution in [3.63, 3.8) is 0 Å². The first kappa shape index (κ1) is 22.8. The number of carbonyl (C=O) groups is 1. The molecule has 1 amide bonds. The molecule has 0 radical (unpaired) electrons. The highest BCUT2D eigenvalue weighted by Crippen LogP contribution is 2.34. The molecular weight excluding hydrogens is 454 g/mol. The van der Waals surface area contributed by atoms with Gasteiger partial charge in [0.25, 0.3) is 0 Å². The average molecular weight is 488 g/mol. The molecule has 3 aromatic rings. The number of benzene rings is 1. The van der Waals surface area contributed by atoms with E-state index >= 15 is 0 Å². The van der Waals surface area contributed by atoms with Crippen LogP contribution in [-0.2, 0) is 11.8 Å². The third-order valence-electron chi connectivity index (χ3n) is 7.80. The average Bonchev–Trinajstić information content (AvgIpc) is 3.58. The zero-order chi connectivity index (χ0) is 24.8. The summed E-state index contributed by atoms with van der Waals surface area (Å²) < 4.78 is 1.93. The maximum Gasteiger partial charge on any atom is 0.245 e. The Morgan fingerprint density at radius 1 is 0.972 bits per heavy atom. The Labute approximate surface area is 211 Å². The van der Waals surface area contributed by atoms with Crippen LogP contribution in [-0.4, -0.2) is 94.6 Å². The van der Waals surface area contributed by atoms with Crippen molar-refractivity contribution >= 4 is 40.2 Å². The van der Waals surface area contributed by atoms with Gasteiger partial charge in [-0.05, 0) is 37.4 Å². The number of likely N-dealkylation sites (tertiary alicyclic amines) is 1. The van der Waals surface area contributed by atoms with Gasteiger partial charge in [-0.15, -0.1) is 0 Å². The molecule has 2 aromatic heterocycles. The lowest BCUT2D eigenvalue weighted by atomic mass is 10.0. The van der Waals surface area contributed by atoms with Crippen molar-refractivity contribution < 1.29 is 4.79 Å². The van der Waals surface area contributed by atoms with Gasteiger partial charge < -0.3 is 29.5 Å². The summed E-state index contributed by atoms with van der Waals surface area (Å²) >= 11 is 0. The monoisotopic (exact) mass is 487 g/mol. The van der Waals surface area contributed by atoms with Crippen LogP contribution >= 0.6 is 0 Å². The molecule has 2 atom stereocenters. The summed E-state index contributed by atoms with van der Waals surface area (Å²) in [6.07, 6.45) is 3.19. The van der Waals surface area contributed by atoms with E-state index in [1.54, 1.807) is 6.33 Å². The molecule has 6 rings (SSSR count). The normalized spacial score (nSPS) is 22.3. The van der Waals surface area contributed by atoms with Crippen LogP contribution in [0.15, 0.2) is 43.2 Å². The number of carbonyl (C=O) groups excluding carboxylic acids is 1. The van der Waals surface area contributed by atoms with Crippen LogP contribution in [0.5, 0.6) is 0 Å². The molecule has 0 saturated carbocycles. The number of amides is 1. The van der Waals surface area contributed by atoms with Crippen molar-refractivity contribution in [1.82, 2.24) is 29.3 Å². The molecule has 10 nitrogen and oxygen atoms in total. The minimum Gasteiger partial charge on any atom is -0.369 e. The summed E-state index contributed by atoms with van der Waals surface area (Å²) in [6.45, 7) is 11.1. The molecule has 0 aliphatic carbocycles. The summed E-state index contributed by atoms with van der Waals surface area (Å²) in [5, 5.41) is 3.50. The van der Waals surface area contributed by atoms with Crippen molar-refractivity contribution in [3.8, 4) is 0 Å². The topological polar surface area (TPSA) is 85.7 Å². The maximum absolute atomic E-state index is 12.0. The van der Waals surface area contributed by atoms with Crippen LogP contribution < -0.4 is 15.1 Å². The van der Waals surface area contributed by atoms with E-state index in [4.69, 9.17) is 9.97 Å². The van der Waals surface area contributed by atoms with Crippen LogP contribution in [0.2, 0.25) is 0 Å². The molecule has 2 unspecified atom stereocenters. The third-order valence-corrected chi connectivity index (χ3v) is 7.80. The van der Waals surface area contributed by atoms with Gasteiger partial charge in [0, 0.05) is 82.6 Å². The number of aryl methyl sites for hydroxylation is 1. The van der Waals surface area contributed by atoms with Gasteiger partial charge in [-0.1, -0.05) is 6.58 Å². The van der Waals surface area contributed by atoms with E-state index in [0.717, 1.165) is 69.2 Å². The second-order valence-electron chi connectivity index (χ2n) is 10.2. The van der Waals surface area contributed by atoms with Gasteiger partial charge in [-0.25, -0.2) is 4.98 Å². The molecule has 188 valence electrons. The minimum absolute atomic E-state index is 0.0219. The zero-order valence-corrected chi connectivity index (χ0v) is 21.0. The smallest absolute Gasteiger partial charge is 0.245 e. The standard InChI is InChI=1S/C26H33N9O/c1-4-22(36)34-13-18-15-35(16-19(18)14-34)26-29-24(23-25(30-26)32(3)17-27-23)28-20-5-7-21(8-6-20)33-11-9-31(2)10-12-33/h4-8,17-19H,1,9-16H2,2-3H3,(H,28,29,30). The number of piperazine rings is 1. The number of nitrogens with zero attached hydrogens (tertiary/aromatic N) is 8. The summed E-state index contributed by atoms with van der Waals surface area (Å²) in [4.78, 5) is 35.3. The molecule has 1 N–H and O–H groups in total. The van der Waals surface area contributed by atoms with E-state index in [1.165, 1.54) is 11.8 Å². The Bertz CT molecular complexity index is 1260. The first-order chi connectivity index (χ1) is 17.5. The second-order valence-corrected chi connectivity index (χ2v) is 10.2. The van der Waals surface area contributed by atoms with E-state index in [-0.39, 0.29) is 5.91 Å². The number of aromatic nitrogens is 4. The minimum atomic E-state index is 0.0219. The fourth-order valence-electron chi connectivity index (χ4n) is 5.65. The SMILES string of the molecule is C=CC(=O)N1CC2CN(c3nc(Nc4ccc(N5CCN(C)CC5)cc4)c4ncn(C)c4n3)CC2C1. The lowest BCUT2D eigenvalue weighted by Crippen LogP contribution is -2.44. The second kappa shape index (κ2) is 9.09. The van der Waals surface area contributed by atoms with Gasteiger partial charge in [0.15, 0.2) is 17.0 Å². The van der Waals surface area contributed by atoms with Crippen molar-refractivity contribution in [2.45, 2.75) is 0 Å². The predicted octanol–water partition coefficient (Wildman–Crippen LogP) is 1.94. The van der Waals surface area contributed by atoms with Crippen LogP contribution in [0.3, 0.4) is 0 Å². The van der Waals surface area contributed by atoms with Crippen LogP contribution in [0.25, 0.3) is 11.2 Å². The molecular formula is C26H33N9O. The first-order valence-electron chi connectivity index (χ1n) is 12.6. The lowest BCUT2D eigenvalue weighted by Gasteiger charge is -2.34. The van der Waals surface area contributed by atoms with E-state index in [9.17, 15) is 4.79 Å². The number of imidazole rings is 1. The Morgan fingerprint density at radius 3 is 2.33 bits per heavy atom. The Morgan fingerprint density at radius 2 is 1.67 bits per heavy atom. The molecule has 36 heavy (non-hydrogen) atoms. The summed E-state index contributed by atoms with van der Waals surface area (Å²) in [5.74, 6) is 2.30. The molecule has 5 heterocycles. The van der Waals surface area contributed by atoms with Crippen LogP contribution in [0.1, 0.15) is 0 Å². The Balaban J connectivity index is 1.21. The number of hydrogen-bond donors (Lipinski definition) is 1. The molecule has 0 bridgehead atoms. The van der Waals surface area contributed by atoms with E-state index in [0.29, 0.717) is 23.6 Å². The van der Waals surface area contributed by atoms with Crippen molar-refractivity contribution in [1.29, 1.82) is 0 Å². The molecule has 10 heteroatoms. The lowest BCUT2D eigenvalue weighted by molar-refractivity contribution is -0.125. The summed E-state index contributed by atoms with van der Waals surface area (Å²) in [6, 6.07) is 8.55. The third kappa shape index (κ3) is 4.15.